The molecule has 0 amide bonds. The van der Waals surface area contributed by atoms with Gasteiger partial charge in [0.25, 0.3) is 0 Å². The van der Waals surface area contributed by atoms with E-state index in [4.69, 9.17) is 4.98 Å². The monoisotopic (exact) mass is 269 g/mol. The Morgan fingerprint density at radius 1 is 1.05 bits per heavy atom. The van der Waals surface area contributed by atoms with Gasteiger partial charge in [-0.25, -0.2) is 9.97 Å². The maximum absolute atomic E-state index is 4.72. The molecule has 20 heavy (non-hydrogen) atoms. The van der Waals surface area contributed by atoms with Crippen LogP contribution in [0.15, 0.2) is 24.3 Å². The molecule has 0 saturated heterocycles. The molecule has 1 aromatic heterocycles. The third kappa shape index (κ3) is 2.98. The summed E-state index contributed by atoms with van der Waals surface area (Å²) in [6.45, 7) is 11.5. The lowest BCUT2D eigenvalue weighted by Crippen LogP contribution is -2.09. The molecule has 0 spiro atoms. The summed E-state index contributed by atoms with van der Waals surface area (Å²) in [6.07, 6.45) is 0. The van der Waals surface area contributed by atoms with Crippen LogP contribution >= 0.6 is 0 Å². The highest BCUT2D eigenvalue weighted by molar-refractivity contribution is 5.60. The Hall–Kier alpha value is -1.90. The Morgan fingerprint density at radius 2 is 1.70 bits per heavy atom. The van der Waals surface area contributed by atoms with Crippen molar-refractivity contribution in [2.75, 3.05) is 11.9 Å². The van der Waals surface area contributed by atoms with Gasteiger partial charge in [0, 0.05) is 23.4 Å². The van der Waals surface area contributed by atoms with E-state index in [1.54, 1.807) is 0 Å². The van der Waals surface area contributed by atoms with Crippen LogP contribution in [0.25, 0.3) is 11.4 Å². The minimum Gasteiger partial charge on any atom is -0.370 e. The molecular formula is C17H23N3. The largest absolute Gasteiger partial charge is 0.370 e. The Labute approximate surface area is 121 Å². The van der Waals surface area contributed by atoms with E-state index in [1.165, 1.54) is 11.1 Å². The van der Waals surface area contributed by atoms with Gasteiger partial charge in [0.1, 0.15) is 5.82 Å². The summed E-state index contributed by atoms with van der Waals surface area (Å²) in [5.41, 5.74) is 4.58. The molecule has 0 aliphatic rings. The zero-order valence-corrected chi connectivity index (χ0v) is 13.0. The summed E-state index contributed by atoms with van der Waals surface area (Å²) >= 11 is 0. The quantitative estimate of drug-likeness (QED) is 0.898. The molecule has 0 unspecified atom stereocenters. The molecule has 1 N–H and O–H groups in total. The second-order valence-electron chi connectivity index (χ2n) is 5.45. The highest BCUT2D eigenvalue weighted by Gasteiger charge is 2.15. The summed E-state index contributed by atoms with van der Waals surface area (Å²) in [6, 6.07) is 8.35. The lowest BCUT2D eigenvalue weighted by Gasteiger charge is -2.16. The Morgan fingerprint density at radius 3 is 2.25 bits per heavy atom. The summed E-state index contributed by atoms with van der Waals surface area (Å²) in [5, 5.41) is 3.37. The molecule has 1 heterocycles. The minimum absolute atomic E-state index is 0.413. The van der Waals surface area contributed by atoms with E-state index in [9.17, 15) is 0 Å². The van der Waals surface area contributed by atoms with Crippen LogP contribution in [-0.4, -0.2) is 16.5 Å². The van der Waals surface area contributed by atoms with Gasteiger partial charge in [-0.05, 0) is 26.7 Å². The maximum Gasteiger partial charge on any atom is 0.161 e. The Balaban J connectivity index is 2.53. The van der Waals surface area contributed by atoms with Gasteiger partial charge in [0.15, 0.2) is 5.82 Å². The highest BCUT2D eigenvalue weighted by Crippen LogP contribution is 2.28. The highest BCUT2D eigenvalue weighted by atomic mass is 15.0. The van der Waals surface area contributed by atoms with Crippen molar-refractivity contribution in [3.05, 3.63) is 41.1 Å². The van der Waals surface area contributed by atoms with Crippen LogP contribution in [0.2, 0.25) is 0 Å². The third-order valence-corrected chi connectivity index (χ3v) is 3.37. The predicted octanol–water partition coefficient (Wildman–Crippen LogP) is 4.32. The SMILES string of the molecule is CCNc1nc(-c2ccc(C)cc2)nc(C)c1C(C)C. The standard InChI is InChI=1S/C17H23N3/c1-6-18-17-15(11(2)3)13(5)19-16(20-17)14-9-7-12(4)8-10-14/h7-11H,6H2,1-5H3,(H,18,19,20). The Kier molecular flexibility index (Phi) is 4.38. The number of anilines is 1. The Bertz CT molecular complexity index is 586. The normalized spacial score (nSPS) is 10.9. The van der Waals surface area contributed by atoms with Crippen molar-refractivity contribution >= 4 is 5.82 Å². The first kappa shape index (κ1) is 14.5. The summed E-state index contributed by atoms with van der Waals surface area (Å²) in [4.78, 5) is 9.41. The molecule has 0 fully saturated rings. The lowest BCUT2D eigenvalue weighted by molar-refractivity contribution is 0.831. The molecular weight excluding hydrogens is 246 g/mol. The van der Waals surface area contributed by atoms with Gasteiger partial charge in [-0.3, -0.25) is 0 Å². The number of nitrogens with one attached hydrogen (secondary N) is 1. The van der Waals surface area contributed by atoms with Crippen LogP contribution in [0.3, 0.4) is 0 Å². The van der Waals surface area contributed by atoms with Crippen LogP contribution < -0.4 is 5.32 Å². The van der Waals surface area contributed by atoms with Gasteiger partial charge in [-0.2, -0.15) is 0 Å². The van der Waals surface area contributed by atoms with E-state index < -0.39 is 0 Å². The summed E-state index contributed by atoms with van der Waals surface area (Å²) in [5.74, 6) is 2.17. The fraction of sp³-hybridized carbons (Fsp3) is 0.412. The predicted molar refractivity (Wildman–Crippen MR) is 85.2 cm³/mol. The molecule has 0 aliphatic heterocycles. The van der Waals surface area contributed by atoms with Crippen molar-refractivity contribution in [2.24, 2.45) is 0 Å². The fourth-order valence-corrected chi connectivity index (χ4v) is 2.41. The number of aryl methyl sites for hydroxylation is 2. The van der Waals surface area contributed by atoms with E-state index in [0.717, 1.165) is 29.4 Å². The third-order valence-electron chi connectivity index (χ3n) is 3.37. The first-order chi connectivity index (χ1) is 9.52. The van der Waals surface area contributed by atoms with Crippen molar-refractivity contribution in [3.8, 4) is 11.4 Å². The van der Waals surface area contributed by atoms with Crippen LogP contribution in [0.1, 0.15) is 43.5 Å². The lowest BCUT2D eigenvalue weighted by atomic mass is 10.0. The maximum atomic E-state index is 4.72. The van der Waals surface area contributed by atoms with Gasteiger partial charge in [0.05, 0.1) is 0 Å². The number of benzene rings is 1. The molecule has 0 radical (unpaired) electrons. The van der Waals surface area contributed by atoms with Crippen LogP contribution in [0.4, 0.5) is 5.82 Å². The zero-order chi connectivity index (χ0) is 14.7. The van der Waals surface area contributed by atoms with Crippen molar-refractivity contribution in [2.45, 2.75) is 40.5 Å². The number of nitrogens with zero attached hydrogens (tertiary/aromatic N) is 2. The van der Waals surface area contributed by atoms with Crippen molar-refractivity contribution in [1.29, 1.82) is 0 Å². The molecule has 3 heteroatoms. The van der Waals surface area contributed by atoms with E-state index in [1.807, 2.05) is 0 Å². The number of aromatic nitrogens is 2. The first-order valence-corrected chi connectivity index (χ1v) is 7.22. The van der Waals surface area contributed by atoms with E-state index in [0.29, 0.717) is 5.92 Å². The second-order valence-corrected chi connectivity index (χ2v) is 5.45. The van der Waals surface area contributed by atoms with E-state index in [-0.39, 0.29) is 0 Å². The number of hydrogen-bond donors (Lipinski definition) is 1. The summed E-state index contributed by atoms with van der Waals surface area (Å²) < 4.78 is 0. The first-order valence-electron chi connectivity index (χ1n) is 7.22. The van der Waals surface area contributed by atoms with Crippen molar-refractivity contribution in [1.82, 2.24) is 9.97 Å². The number of rotatable bonds is 4. The molecule has 3 nitrogen and oxygen atoms in total. The topological polar surface area (TPSA) is 37.8 Å². The molecule has 106 valence electrons. The second kappa shape index (κ2) is 6.04. The fourth-order valence-electron chi connectivity index (χ4n) is 2.41. The summed E-state index contributed by atoms with van der Waals surface area (Å²) in [7, 11) is 0. The molecule has 0 bridgehead atoms. The molecule has 1 aromatic carbocycles. The van der Waals surface area contributed by atoms with Crippen molar-refractivity contribution < 1.29 is 0 Å². The molecule has 0 saturated carbocycles. The van der Waals surface area contributed by atoms with Crippen molar-refractivity contribution in [3.63, 3.8) is 0 Å². The van der Waals surface area contributed by atoms with Gasteiger partial charge in [-0.1, -0.05) is 43.7 Å². The van der Waals surface area contributed by atoms with Gasteiger partial charge < -0.3 is 5.32 Å². The van der Waals surface area contributed by atoms with Crippen LogP contribution in [-0.2, 0) is 0 Å². The average molecular weight is 269 g/mol. The van der Waals surface area contributed by atoms with E-state index in [2.05, 4.69) is 69.2 Å². The van der Waals surface area contributed by atoms with Gasteiger partial charge >= 0.3 is 0 Å². The molecule has 0 atom stereocenters. The number of hydrogen-bond acceptors (Lipinski definition) is 3. The molecule has 2 aromatic rings. The van der Waals surface area contributed by atoms with Gasteiger partial charge in [0.2, 0.25) is 0 Å². The zero-order valence-electron chi connectivity index (χ0n) is 13.0. The molecule has 2 rings (SSSR count). The smallest absolute Gasteiger partial charge is 0.161 e. The van der Waals surface area contributed by atoms with E-state index >= 15 is 0 Å². The average Bonchev–Trinajstić information content (AvgIpc) is 2.38. The van der Waals surface area contributed by atoms with Crippen LogP contribution in [0.5, 0.6) is 0 Å². The molecule has 0 aliphatic carbocycles. The minimum atomic E-state index is 0.413. The van der Waals surface area contributed by atoms with Crippen LogP contribution in [0, 0.1) is 13.8 Å². The van der Waals surface area contributed by atoms with Gasteiger partial charge in [-0.15, -0.1) is 0 Å².